The number of Topliss-reactive ketones (excluding diaryl/α,β-unsaturated/α-hetero) is 2. The fraction of sp³-hybridized carbons (Fsp3) is 0.581. The van der Waals surface area contributed by atoms with E-state index in [0.29, 0.717) is 54.9 Å². The van der Waals surface area contributed by atoms with Gasteiger partial charge in [-0.25, -0.2) is 0 Å². The predicted molar refractivity (Wildman–Crippen MR) is 231 cm³/mol. The molecule has 0 aliphatic carbocycles. The molecule has 2 aromatic carbocycles. The summed E-state index contributed by atoms with van der Waals surface area (Å²) in [5, 5.41) is 8.44. The van der Waals surface area contributed by atoms with Gasteiger partial charge >= 0.3 is 0 Å². The van der Waals surface area contributed by atoms with Crippen molar-refractivity contribution in [2.24, 2.45) is 45.5 Å². The van der Waals surface area contributed by atoms with Gasteiger partial charge in [-0.2, -0.15) is 0 Å². The summed E-state index contributed by atoms with van der Waals surface area (Å²) in [4.78, 5) is 76.8. The molecule has 0 radical (unpaired) electrons. The summed E-state index contributed by atoms with van der Waals surface area (Å²) >= 11 is 0. The van der Waals surface area contributed by atoms with E-state index in [1.807, 2.05) is 26.8 Å². The highest BCUT2D eigenvalue weighted by Crippen LogP contribution is 2.53. The standard InChI is InChI=1S/C43H67N9O8/c1-10-24(4)36(51-38(55)30(45)14-11-12-18-44)40(57)52-43(25(5)53,37(54)31(15-13-19-49-41(47)48)50-39(56)35(46)23(2)3)29-20-27(59-9)22-33-34(29)42(6,7)28-17-16-26(58-8)21-32(28)60-33/h16-17,20-24,30-31,35-36H,10-15,18-19,44-46H2,1-9H3,(H,50,56)(H,51,55)(H,52,57)(H4,47,48,49)/t24-,30-,31-,35-,36-,43?/m0/s1. The van der Waals surface area contributed by atoms with E-state index in [1.165, 1.54) is 27.2 Å². The van der Waals surface area contributed by atoms with Crippen molar-refractivity contribution in [2.45, 2.75) is 122 Å². The number of ether oxygens (including phenoxy) is 3. The van der Waals surface area contributed by atoms with Gasteiger partial charge in [0.05, 0.1) is 32.3 Å². The molecule has 0 bridgehead atoms. The summed E-state index contributed by atoms with van der Waals surface area (Å²) < 4.78 is 17.7. The third-order valence-corrected chi connectivity index (χ3v) is 11.3. The third kappa shape index (κ3) is 11.1. The van der Waals surface area contributed by atoms with Crippen LogP contribution in [-0.4, -0.2) is 86.7 Å². The van der Waals surface area contributed by atoms with Crippen molar-refractivity contribution in [3.05, 3.63) is 47.0 Å². The van der Waals surface area contributed by atoms with E-state index in [4.69, 9.17) is 42.9 Å². The Hall–Kier alpha value is -5.26. The summed E-state index contributed by atoms with van der Waals surface area (Å²) in [5.74, 6) is -3.29. The van der Waals surface area contributed by atoms with Crippen molar-refractivity contribution in [3.8, 4) is 23.0 Å². The quantitative estimate of drug-likeness (QED) is 0.0345. The van der Waals surface area contributed by atoms with E-state index >= 15 is 4.79 Å². The molecule has 0 fully saturated rings. The van der Waals surface area contributed by atoms with E-state index in [2.05, 4.69) is 20.9 Å². The average Bonchev–Trinajstić information content (AvgIpc) is 3.20. The van der Waals surface area contributed by atoms with Crippen molar-refractivity contribution in [1.82, 2.24) is 16.0 Å². The number of rotatable bonds is 23. The maximum Gasteiger partial charge on any atom is 0.244 e. The van der Waals surface area contributed by atoms with Gasteiger partial charge in [0.15, 0.2) is 23.1 Å². The zero-order valence-electron chi connectivity index (χ0n) is 36.6. The normalized spacial score (nSPS) is 16.2. The zero-order valence-corrected chi connectivity index (χ0v) is 36.6. The number of fused-ring (bicyclic) bond motifs is 2. The number of hydrogen-bond donors (Lipinski definition) is 8. The topological polar surface area (TPSA) is 292 Å². The lowest BCUT2D eigenvalue weighted by molar-refractivity contribution is -0.144. The number of nitrogens with zero attached hydrogens (tertiary/aromatic N) is 1. The van der Waals surface area contributed by atoms with Gasteiger partial charge in [-0.15, -0.1) is 0 Å². The summed E-state index contributed by atoms with van der Waals surface area (Å²) in [6.45, 7) is 12.6. The van der Waals surface area contributed by atoms with Crippen molar-refractivity contribution in [1.29, 1.82) is 0 Å². The number of ketones is 2. The molecule has 1 heterocycles. The van der Waals surface area contributed by atoms with E-state index in [0.717, 1.165) is 0 Å². The fourth-order valence-corrected chi connectivity index (χ4v) is 7.39. The number of unbranched alkanes of at least 4 members (excludes halogenated alkanes) is 1. The van der Waals surface area contributed by atoms with Crippen LogP contribution in [-0.2, 0) is 34.9 Å². The van der Waals surface area contributed by atoms with Gasteiger partial charge in [0.1, 0.15) is 29.0 Å². The molecule has 13 N–H and O–H groups in total. The van der Waals surface area contributed by atoms with E-state index in [9.17, 15) is 19.2 Å². The van der Waals surface area contributed by atoms with Gasteiger partial charge in [-0.05, 0) is 63.1 Å². The molecule has 6 atom stereocenters. The number of nitrogens with two attached hydrogens (primary N) is 5. The molecule has 1 aliphatic rings. The van der Waals surface area contributed by atoms with E-state index in [1.54, 1.807) is 39.0 Å². The second-order valence-electron chi connectivity index (χ2n) is 16.3. The van der Waals surface area contributed by atoms with Crippen molar-refractivity contribution < 1.29 is 38.2 Å². The number of nitrogens with one attached hydrogen (secondary N) is 3. The summed E-state index contributed by atoms with van der Waals surface area (Å²) in [7, 11) is 2.95. The van der Waals surface area contributed by atoms with Gasteiger partial charge in [0, 0.05) is 40.8 Å². The minimum Gasteiger partial charge on any atom is -0.497 e. The highest BCUT2D eigenvalue weighted by Gasteiger charge is 2.54. The van der Waals surface area contributed by atoms with Crippen LogP contribution in [0.2, 0.25) is 0 Å². The molecule has 332 valence electrons. The maximum absolute atomic E-state index is 15.8. The van der Waals surface area contributed by atoms with Gasteiger partial charge in [0.2, 0.25) is 17.7 Å². The lowest BCUT2D eigenvalue weighted by Gasteiger charge is -2.43. The molecule has 0 spiro atoms. The first kappa shape index (κ1) is 49.1. The maximum atomic E-state index is 15.8. The SMILES string of the molecule is CC[C@H](C)[C@H](NC(=O)[C@@H](N)CCCCN)C(=O)NC(C(C)=O)(C(=O)[C@H](CCCN=C(N)N)NC(=O)[C@@H](N)C(C)C)c1cc(OC)cc2c1C(C)(C)c1ccc(OC)cc1O2. The summed E-state index contributed by atoms with van der Waals surface area (Å²) in [6, 6.07) is 3.82. The molecule has 2 aromatic rings. The molecule has 1 aliphatic heterocycles. The van der Waals surface area contributed by atoms with Crippen LogP contribution in [0.5, 0.6) is 23.0 Å². The molecule has 3 rings (SSSR count). The Balaban J connectivity index is 2.42. The molecule has 3 amide bonds. The monoisotopic (exact) mass is 838 g/mol. The predicted octanol–water partition coefficient (Wildman–Crippen LogP) is 2.11. The molecule has 0 saturated heterocycles. The number of guanidine groups is 1. The number of benzene rings is 2. The third-order valence-electron chi connectivity index (χ3n) is 11.3. The second kappa shape index (κ2) is 21.3. The Morgan fingerprint density at radius 1 is 0.867 bits per heavy atom. The minimum atomic E-state index is -2.53. The number of methoxy groups -OCH3 is 2. The molecule has 17 nitrogen and oxygen atoms in total. The van der Waals surface area contributed by atoms with Crippen LogP contribution in [0.1, 0.15) is 104 Å². The summed E-state index contributed by atoms with van der Waals surface area (Å²) in [5.41, 5.74) is 27.0. The average molecular weight is 838 g/mol. The van der Waals surface area contributed by atoms with Crippen LogP contribution in [0, 0.1) is 11.8 Å². The largest absolute Gasteiger partial charge is 0.497 e. The number of carbonyl (C=O) groups excluding carboxylic acids is 5. The van der Waals surface area contributed by atoms with Gasteiger partial charge in [-0.3, -0.25) is 29.0 Å². The van der Waals surface area contributed by atoms with Crippen LogP contribution in [0.25, 0.3) is 0 Å². The van der Waals surface area contributed by atoms with Gasteiger partial charge in [0.25, 0.3) is 0 Å². The van der Waals surface area contributed by atoms with Crippen LogP contribution in [0.3, 0.4) is 0 Å². The molecular formula is C43H67N9O8. The van der Waals surface area contributed by atoms with Crippen molar-refractivity contribution in [2.75, 3.05) is 27.3 Å². The molecular weight excluding hydrogens is 771 g/mol. The number of aliphatic imine (C=N–C) groups is 1. The number of carbonyl (C=O) groups is 5. The highest BCUT2D eigenvalue weighted by atomic mass is 16.5. The van der Waals surface area contributed by atoms with Crippen LogP contribution < -0.4 is 58.8 Å². The number of hydrogen-bond acceptors (Lipinski definition) is 12. The van der Waals surface area contributed by atoms with Crippen LogP contribution in [0.15, 0.2) is 35.3 Å². The highest BCUT2D eigenvalue weighted by molar-refractivity contribution is 6.17. The summed E-state index contributed by atoms with van der Waals surface area (Å²) in [6.07, 6.45) is 2.13. The Bertz CT molecular complexity index is 1900. The zero-order chi connectivity index (χ0) is 45.1. The molecule has 17 heteroatoms. The van der Waals surface area contributed by atoms with Crippen molar-refractivity contribution in [3.63, 3.8) is 0 Å². The first-order valence-electron chi connectivity index (χ1n) is 20.6. The van der Waals surface area contributed by atoms with Crippen LogP contribution >= 0.6 is 0 Å². The van der Waals surface area contributed by atoms with Gasteiger partial charge < -0.3 is 58.8 Å². The van der Waals surface area contributed by atoms with E-state index < -0.39 is 70.3 Å². The molecule has 0 aromatic heterocycles. The lowest BCUT2D eigenvalue weighted by atomic mass is 9.67. The molecule has 60 heavy (non-hydrogen) atoms. The first-order chi connectivity index (χ1) is 28.2. The fourth-order valence-electron chi connectivity index (χ4n) is 7.39. The Kier molecular flexibility index (Phi) is 17.4. The van der Waals surface area contributed by atoms with Crippen molar-refractivity contribution >= 4 is 35.2 Å². The van der Waals surface area contributed by atoms with E-state index in [-0.39, 0.29) is 48.3 Å². The Morgan fingerprint density at radius 3 is 2.08 bits per heavy atom. The number of amides is 3. The first-order valence-corrected chi connectivity index (χ1v) is 20.6. The lowest BCUT2D eigenvalue weighted by Crippen LogP contribution is -2.66. The van der Waals surface area contributed by atoms with Gasteiger partial charge in [-0.1, -0.05) is 60.5 Å². The Labute approximate surface area is 353 Å². The second-order valence-corrected chi connectivity index (χ2v) is 16.3. The minimum absolute atomic E-state index is 0.0403. The Morgan fingerprint density at radius 2 is 1.52 bits per heavy atom. The van der Waals surface area contributed by atoms with Crippen LogP contribution in [0.4, 0.5) is 0 Å². The smallest absolute Gasteiger partial charge is 0.244 e. The molecule has 1 unspecified atom stereocenters. The molecule has 0 saturated carbocycles.